The van der Waals surface area contributed by atoms with Crippen molar-refractivity contribution >= 4 is 33.4 Å². The van der Waals surface area contributed by atoms with Crippen LogP contribution in [0.25, 0.3) is 21.8 Å². The number of nitrogens with one attached hydrogen (secondary N) is 3. The fourth-order valence-corrected chi connectivity index (χ4v) is 3.24. The largest absolute Gasteiger partial charge is 0.497 e. The zero-order valence-corrected chi connectivity index (χ0v) is 15.5. The van der Waals surface area contributed by atoms with Gasteiger partial charge in [-0.05, 0) is 35.9 Å². The summed E-state index contributed by atoms with van der Waals surface area (Å²) in [6, 6.07) is 14.2. The highest BCUT2D eigenvalue weighted by molar-refractivity contribution is 6.06. The first-order valence-electron chi connectivity index (χ1n) is 8.70. The van der Waals surface area contributed by atoms with Gasteiger partial charge in [0.2, 0.25) is 5.56 Å². The molecule has 0 aliphatic rings. The van der Waals surface area contributed by atoms with Crippen molar-refractivity contribution in [2.75, 3.05) is 19.5 Å². The number of anilines is 1. The number of hydrogen-bond acceptors (Lipinski definition) is 4. The standard InChI is InChI=1S/C21H19N3O4/c1-27-11-13-8-20(25)24-18-9-14(4-6-16(13)18)22-21(26)19-7-12-3-5-15(28-2)10-17(12)23-19/h3-10,23H,11H2,1-2H3,(H,22,26)(H,24,25). The molecule has 0 atom stereocenters. The molecule has 0 aliphatic carbocycles. The summed E-state index contributed by atoms with van der Waals surface area (Å²) >= 11 is 0. The Morgan fingerprint density at radius 3 is 2.64 bits per heavy atom. The number of carbonyl (C=O) groups excluding carboxylic acids is 1. The van der Waals surface area contributed by atoms with Crippen LogP contribution in [-0.4, -0.2) is 30.1 Å². The van der Waals surface area contributed by atoms with Crippen LogP contribution < -0.4 is 15.6 Å². The molecule has 28 heavy (non-hydrogen) atoms. The van der Waals surface area contributed by atoms with Crippen LogP contribution in [0.2, 0.25) is 0 Å². The molecule has 0 radical (unpaired) electrons. The lowest BCUT2D eigenvalue weighted by molar-refractivity contribution is 0.102. The molecule has 3 N–H and O–H groups in total. The Kier molecular flexibility index (Phi) is 4.58. The lowest BCUT2D eigenvalue weighted by atomic mass is 10.1. The van der Waals surface area contributed by atoms with Gasteiger partial charge in [-0.1, -0.05) is 6.07 Å². The molecule has 1 amide bonds. The normalized spacial score (nSPS) is 11.1. The minimum absolute atomic E-state index is 0.215. The Morgan fingerprint density at radius 1 is 1.00 bits per heavy atom. The third-order valence-corrected chi connectivity index (χ3v) is 4.56. The SMILES string of the molecule is COCc1cc(=O)[nH]c2cc(NC(=O)c3cc4ccc(OC)cc4[nH]3)ccc12. The third-order valence-electron chi connectivity index (χ3n) is 4.56. The van der Waals surface area contributed by atoms with Gasteiger partial charge in [-0.3, -0.25) is 9.59 Å². The molecule has 2 aromatic carbocycles. The van der Waals surface area contributed by atoms with Crippen molar-refractivity contribution in [3.8, 4) is 5.75 Å². The van der Waals surface area contributed by atoms with Crippen molar-refractivity contribution < 1.29 is 14.3 Å². The molecule has 0 bridgehead atoms. The molecule has 0 saturated heterocycles. The van der Waals surface area contributed by atoms with Gasteiger partial charge in [-0.2, -0.15) is 0 Å². The van der Waals surface area contributed by atoms with E-state index >= 15 is 0 Å². The molecule has 7 nitrogen and oxygen atoms in total. The molecule has 4 rings (SSSR count). The Balaban J connectivity index is 1.64. The third kappa shape index (κ3) is 3.35. The highest BCUT2D eigenvalue weighted by Gasteiger charge is 2.12. The van der Waals surface area contributed by atoms with Crippen LogP contribution in [0.1, 0.15) is 16.1 Å². The van der Waals surface area contributed by atoms with Gasteiger partial charge >= 0.3 is 0 Å². The smallest absolute Gasteiger partial charge is 0.272 e. The number of H-pyrrole nitrogens is 2. The lowest BCUT2D eigenvalue weighted by Crippen LogP contribution is -2.13. The van der Waals surface area contributed by atoms with E-state index in [0.717, 1.165) is 21.9 Å². The van der Waals surface area contributed by atoms with Gasteiger partial charge in [0, 0.05) is 41.2 Å². The predicted molar refractivity (Wildman–Crippen MR) is 108 cm³/mol. The number of methoxy groups -OCH3 is 2. The topological polar surface area (TPSA) is 96.2 Å². The molecule has 0 aliphatic heterocycles. The average Bonchev–Trinajstić information content (AvgIpc) is 3.11. The second-order valence-electron chi connectivity index (χ2n) is 6.44. The van der Waals surface area contributed by atoms with E-state index in [1.807, 2.05) is 24.3 Å². The fraction of sp³-hybridized carbons (Fsp3) is 0.143. The van der Waals surface area contributed by atoms with Gasteiger partial charge in [-0.25, -0.2) is 0 Å². The molecule has 0 saturated carbocycles. The van der Waals surface area contributed by atoms with Crippen LogP contribution >= 0.6 is 0 Å². The first-order valence-corrected chi connectivity index (χ1v) is 8.70. The summed E-state index contributed by atoms with van der Waals surface area (Å²) in [7, 11) is 3.18. The Morgan fingerprint density at radius 2 is 1.86 bits per heavy atom. The molecule has 0 spiro atoms. The van der Waals surface area contributed by atoms with Crippen LogP contribution in [0.4, 0.5) is 5.69 Å². The van der Waals surface area contributed by atoms with Gasteiger partial charge < -0.3 is 24.8 Å². The summed E-state index contributed by atoms with van der Waals surface area (Å²) in [4.78, 5) is 30.4. The van der Waals surface area contributed by atoms with E-state index in [9.17, 15) is 9.59 Å². The lowest BCUT2D eigenvalue weighted by Gasteiger charge is -2.08. The van der Waals surface area contributed by atoms with Gasteiger partial charge in [0.15, 0.2) is 0 Å². The first-order chi connectivity index (χ1) is 13.6. The maximum atomic E-state index is 12.6. The highest BCUT2D eigenvalue weighted by Crippen LogP contribution is 2.23. The Labute approximate surface area is 160 Å². The van der Waals surface area contributed by atoms with Crippen molar-refractivity contribution in [2.24, 2.45) is 0 Å². The average molecular weight is 377 g/mol. The van der Waals surface area contributed by atoms with E-state index in [4.69, 9.17) is 9.47 Å². The number of carbonyl (C=O) groups is 1. The monoisotopic (exact) mass is 377 g/mol. The van der Waals surface area contributed by atoms with Crippen LogP contribution in [0.5, 0.6) is 5.75 Å². The quantitative estimate of drug-likeness (QED) is 0.497. The molecular weight excluding hydrogens is 358 g/mol. The highest BCUT2D eigenvalue weighted by atomic mass is 16.5. The minimum Gasteiger partial charge on any atom is -0.497 e. The predicted octanol–water partition coefficient (Wildman–Crippen LogP) is 3.42. The summed E-state index contributed by atoms with van der Waals surface area (Å²) in [6.45, 7) is 0.338. The van der Waals surface area contributed by atoms with Crippen LogP contribution in [0.15, 0.2) is 53.3 Å². The Bertz CT molecular complexity index is 1240. The number of hydrogen-bond donors (Lipinski definition) is 3. The van der Waals surface area contributed by atoms with Gasteiger partial charge in [0.1, 0.15) is 11.4 Å². The minimum atomic E-state index is -0.273. The molecular formula is C21H19N3O4. The van der Waals surface area contributed by atoms with Crippen molar-refractivity contribution in [3.05, 3.63) is 70.1 Å². The van der Waals surface area contributed by atoms with E-state index < -0.39 is 0 Å². The maximum absolute atomic E-state index is 12.6. The Hall–Kier alpha value is -3.58. The second kappa shape index (κ2) is 7.21. The molecule has 7 heteroatoms. The maximum Gasteiger partial charge on any atom is 0.272 e. The van der Waals surface area contributed by atoms with Crippen LogP contribution in [0.3, 0.4) is 0 Å². The number of benzene rings is 2. The summed E-state index contributed by atoms with van der Waals surface area (Å²) < 4.78 is 10.4. The number of pyridine rings is 1. The van der Waals surface area contributed by atoms with Crippen LogP contribution in [-0.2, 0) is 11.3 Å². The van der Waals surface area contributed by atoms with Gasteiger partial charge in [0.25, 0.3) is 5.91 Å². The van der Waals surface area contributed by atoms with Crippen molar-refractivity contribution in [2.45, 2.75) is 6.61 Å². The van der Waals surface area contributed by atoms with E-state index in [-0.39, 0.29) is 11.5 Å². The van der Waals surface area contributed by atoms with Gasteiger partial charge in [-0.15, -0.1) is 0 Å². The fourth-order valence-electron chi connectivity index (χ4n) is 3.24. The molecule has 0 fully saturated rings. The van der Waals surface area contributed by atoms with Gasteiger partial charge in [0.05, 0.1) is 19.2 Å². The number of aromatic nitrogens is 2. The van der Waals surface area contributed by atoms with E-state index in [1.165, 1.54) is 6.07 Å². The van der Waals surface area contributed by atoms with Crippen molar-refractivity contribution in [1.82, 2.24) is 9.97 Å². The zero-order valence-electron chi connectivity index (χ0n) is 15.5. The number of rotatable bonds is 5. The number of fused-ring (bicyclic) bond motifs is 2. The van der Waals surface area contributed by atoms with Crippen molar-refractivity contribution in [3.63, 3.8) is 0 Å². The van der Waals surface area contributed by atoms with E-state index in [1.54, 1.807) is 32.4 Å². The van der Waals surface area contributed by atoms with E-state index in [2.05, 4.69) is 15.3 Å². The molecule has 0 unspecified atom stereocenters. The first kappa shape index (κ1) is 17.8. The molecule has 4 aromatic rings. The second-order valence-corrected chi connectivity index (χ2v) is 6.44. The summed E-state index contributed by atoms with van der Waals surface area (Å²) in [5.41, 5.74) is 3.05. The zero-order chi connectivity index (χ0) is 19.7. The van der Waals surface area contributed by atoms with Crippen molar-refractivity contribution in [1.29, 1.82) is 0 Å². The molecule has 2 aromatic heterocycles. The van der Waals surface area contributed by atoms with E-state index in [0.29, 0.717) is 29.3 Å². The number of amides is 1. The number of ether oxygens (including phenoxy) is 2. The summed E-state index contributed by atoms with van der Waals surface area (Å²) in [6.07, 6.45) is 0. The molecule has 142 valence electrons. The van der Waals surface area contributed by atoms with Crippen LogP contribution in [0, 0.1) is 0 Å². The summed E-state index contributed by atoms with van der Waals surface area (Å²) in [5, 5.41) is 4.64. The molecule has 2 heterocycles. The number of aromatic amines is 2. The summed E-state index contributed by atoms with van der Waals surface area (Å²) in [5.74, 6) is 0.441.